The molecule has 2 aromatic carbocycles. The number of pyridine rings is 1. The van der Waals surface area contributed by atoms with Crippen LogP contribution in [-0.4, -0.2) is 10.9 Å². The third-order valence-corrected chi connectivity index (χ3v) is 3.19. The summed E-state index contributed by atoms with van der Waals surface area (Å²) in [5, 5.41) is 3.69. The highest BCUT2D eigenvalue weighted by Crippen LogP contribution is 2.17. The van der Waals surface area contributed by atoms with Gasteiger partial charge in [0.15, 0.2) is 0 Å². The molecule has 22 heavy (non-hydrogen) atoms. The standard InChI is InChI=1S/C18H13FN2O/c19-15-7-9-16(10-8-15)21-17(22)11-6-14-4-1-3-13-5-2-12-20-18(13)14/h1-12H,(H,21,22)/b11-6+. The third kappa shape index (κ3) is 3.17. The number of carbonyl (C=O) groups excluding carboxylic acids is 1. The summed E-state index contributed by atoms with van der Waals surface area (Å²) in [6.07, 6.45) is 4.87. The molecule has 1 amide bonds. The van der Waals surface area contributed by atoms with Gasteiger partial charge in [0.25, 0.3) is 0 Å². The van der Waals surface area contributed by atoms with Gasteiger partial charge in [-0.1, -0.05) is 24.3 Å². The second kappa shape index (κ2) is 6.18. The normalized spacial score (nSPS) is 11.0. The molecule has 0 fully saturated rings. The number of hydrogen-bond donors (Lipinski definition) is 1. The van der Waals surface area contributed by atoms with E-state index in [2.05, 4.69) is 10.3 Å². The SMILES string of the molecule is O=C(/C=C/c1cccc2cccnc12)Nc1ccc(F)cc1. The van der Waals surface area contributed by atoms with Crippen LogP contribution in [0.2, 0.25) is 0 Å². The number of aromatic nitrogens is 1. The molecule has 0 aliphatic carbocycles. The van der Waals surface area contributed by atoms with Gasteiger partial charge in [0.2, 0.25) is 5.91 Å². The summed E-state index contributed by atoms with van der Waals surface area (Å²) in [6.45, 7) is 0. The van der Waals surface area contributed by atoms with Crippen molar-refractivity contribution in [2.45, 2.75) is 0 Å². The van der Waals surface area contributed by atoms with Crippen LogP contribution in [0.3, 0.4) is 0 Å². The van der Waals surface area contributed by atoms with E-state index in [-0.39, 0.29) is 11.7 Å². The first kappa shape index (κ1) is 13.9. The maximum atomic E-state index is 12.8. The van der Waals surface area contributed by atoms with Gasteiger partial charge in [-0.2, -0.15) is 0 Å². The molecule has 0 saturated heterocycles. The maximum absolute atomic E-state index is 12.8. The molecular formula is C18H13FN2O. The number of fused-ring (bicyclic) bond motifs is 1. The van der Waals surface area contributed by atoms with Crippen molar-refractivity contribution in [1.29, 1.82) is 0 Å². The lowest BCUT2D eigenvalue weighted by Gasteiger charge is -2.02. The Morgan fingerprint density at radius 2 is 1.82 bits per heavy atom. The minimum absolute atomic E-state index is 0.278. The van der Waals surface area contributed by atoms with Crippen LogP contribution in [-0.2, 0) is 4.79 Å². The molecule has 1 N–H and O–H groups in total. The lowest BCUT2D eigenvalue weighted by atomic mass is 10.1. The highest BCUT2D eigenvalue weighted by Gasteiger charge is 2.01. The summed E-state index contributed by atoms with van der Waals surface area (Å²) in [5.41, 5.74) is 2.26. The topological polar surface area (TPSA) is 42.0 Å². The number of carbonyl (C=O) groups is 1. The van der Waals surface area contributed by atoms with E-state index >= 15 is 0 Å². The predicted molar refractivity (Wildman–Crippen MR) is 85.8 cm³/mol. The molecule has 0 saturated carbocycles. The summed E-state index contributed by atoms with van der Waals surface area (Å²) >= 11 is 0. The second-order valence-electron chi connectivity index (χ2n) is 4.75. The van der Waals surface area contributed by atoms with E-state index < -0.39 is 0 Å². The maximum Gasteiger partial charge on any atom is 0.248 e. The van der Waals surface area contributed by atoms with E-state index in [9.17, 15) is 9.18 Å². The Bertz CT molecular complexity index is 836. The van der Waals surface area contributed by atoms with Gasteiger partial charge >= 0.3 is 0 Å². The first-order chi connectivity index (χ1) is 10.7. The van der Waals surface area contributed by atoms with Gasteiger partial charge in [-0.3, -0.25) is 9.78 Å². The first-order valence-electron chi connectivity index (χ1n) is 6.81. The molecule has 3 rings (SSSR count). The zero-order chi connectivity index (χ0) is 15.4. The van der Waals surface area contributed by atoms with Crippen LogP contribution < -0.4 is 5.32 Å². The largest absolute Gasteiger partial charge is 0.323 e. The average molecular weight is 292 g/mol. The Balaban J connectivity index is 1.78. The van der Waals surface area contributed by atoms with Gasteiger partial charge in [0.05, 0.1) is 5.52 Å². The Morgan fingerprint density at radius 1 is 1.05 bits per heavy atom. The second-order valence-corrected chi connectivity index (χ2v) is 4.75. The van der Waals surface area contributed by atoms with Crippen LogP contribution in [0, 0.1) is 5.82 Å². The molecule has 0 atom stereocenters. The zero-order valence-corrected chi connectivity index (χ0v) is 11.7. The Hall–Kier alpha value is -3.01. The minimum atomic E-state index is -0.338. The van der Waals surface area contributed by atoms with Gasteiger partial charge < -0.3 is 5.32 Å². The fraction of sp³-hybridized carbons (Fsp3) is 0. The predicted octanol–water partition coefficient (Wildman–Crippen LogP) is 4.03. The van der Waals surface area contributed by atoms with Crippen LogP contribution in [0.25, 0.3) is 17.0 Å². The molecule has 108 valence electrons. The summed E-state index contributed by atoms with van der Waals surface area (Å²) < 4.78 is 12.8. The fourth-order valence-electron chi connectivity index (χ4n) is 2.14. The van der Waals surface area contributed by atoms with Crippen LogP contribution in [0.15, 0.2) is 66.9 Å². The first-order valence-corrected chi connectivity index (χ1v) is 6.81. The summed E-state index contributed by atoms with van der Waals surface area (Å²) in [5.74, 6) is -0.616. The smallest absolute Gasteiger partial charge is 0.248 e. The van der Waals surface area contributed by atoms with Crippen molar-refractivity contribution in [2.24, 2.45) is 0 Å². The monoisotopic (exact) mass is 292 g/mol. The molecule has 0 bridgehead atoms. The van der Waals surface area contributed by atoms with Gasteiger partial charge in [-0.15, -0.1) is 0 Å². The molecule has 0 radical (unpaired) electrons. The lowest BCUT2D eigenvalue weighted by Crippen LogP contribution is -2.07. The van der Waals surface area contributed by atoms with Crippen molar-refractivity contribution >= 4 is 28.6 Å². The van der Waals surface area contributed by atoms with Crippen LogP contribution >= 0.6 is 0 Å². The number of rotatable bonds is 3. The molecule has 0 unspecified atom stereocenters. The fourth-order valence-corrected chi connectivity index (χ4v) is 2.14. The lowest BCUT2D eigenvalue weighted by molar-refractivity contribution is -0.111. The van der Waals surface area contributed by atoms with Gasteiger partial charge in [0.1, 0.15) is 5.82 Å². The highest BCUT2D eigenvalue weighted by atomic mass is 19.1. The van der Waals surface area contributed by atoms with Crippen molar-refractivity contribution in [2.75, 3.05) is 5.32 Å². The van der Waals surface area contributed by atoms with Gasteiger partial charge in [0, 0.05) is 28.9 Å². The number of benzene rings is 2. The number of anilines is 1. The molecule has 3 aromatic rings. The molecule has 1 aromatic heterocycles. The van der Waals surface area contributed by atoms with Crippen molar-refractivity contribution in [3.8, 4) is 0 Å². The Labute approximate surface area is 127 Å². The van der Waals surface area contributed by atoms with Crippen LogP contribution in [0.1, 0.15) is 5.56 Å². The van der Waals surface area contributed by atoms with E-state index in [0.29, 0.717) is 5.69 Å². The molecule has 0 aliphatic heterocycles. The summed E-state index contributed by atoms with van der Waals surface area (Å²) in [6, 6.07) is 15.3. The number of hydrogen-bond acceptors (Lipinski definition) is 2. The quantitative estimate of drug-likeness (QED) is 0.741. The number of nitrogens with zero attached hydrogens (tertiary/aromatic N) is 1. The third-order valence-electron chi connectivity index (χ3n) is 3.19. The van der Waals surface area contributed by atoms with Crippen molar-refractivity contribution in [3.63, 3.8) is 0 Å². The van der Waals surface area contributed by atoms with Gasteiger partial charge in [-0.05, 0) is 36.4 Å². The van der Waals surface area contributed by atoms with E-state index in [1.54, 1.807) is 12.3 Å². The van der Waals surface area contributed by atoms with Crippen LogP contribution in [0.5, 0.6) is 0 Å². The number of halogens is 1. The van der Waals surface area contributed by atoms with E-state index in [4.69, 9.17) is 0 Å². The van der Waals surface area contributed by atoms with E-state index in [1.165, 1.54) is 30.3 Å². The van der Waals surface area contributed by atoms with Crippen molar-refractivity contribution < 1.29 is 9.18 Å². The molecular weight excluding hydrogens is 279 g/mol. The number of amides is 1. The Morgan fingerprint density at radius 3 is 2.64 bits per heavy atom. The van der Waals surface area contributed by atoms with E-state index in [1.807, 2.05) is 30.3 Å². The zero-order valence-electron chi connectivity index (χ0n) is 11.7. The van der Waals surface area contributed by atoms with Crippen molar-refractivity contribution in [1.82, 2.24) is 4.98 Å². The number of para-hydroxylation sites is 1. The van der Waals surface area contributed by atoms with E-state index in [0.717, 1.165) is 16.5 Å². The summed E-state index contributed by atoms with van der Waals surface area (Å²) in [7, 11) is 0. The molecule has 0 aliphatic rings. The molecule has 0 spiro atoms. The summed E-state index contributed by atoms with van der Waals surface area (Å²) in [4.78, 5) is 16.2. The minimum Gasteiger partial charge on any atom is -0.323 e. The molecule has 1 heterocycles. The molecule has 4 heteroatoms. The van der Waals surface area contributed by atoms with Crippen molar-refractivity contribution in [3.05, 3.63) is 78.3 Å². The van der Waals surface area contributed by atoms with Crippen LogP contribution in [0.4, 0.5) is 10.1 Å². The molecule has 3 nitrogen and oxygen atoms in total. The average Bonchev–Trinajstić information content (AvgIpc) is 2.55. The Kier molecular flexibility index (Phi) is 3.92. The number of nitrogens with one attached hydrogen (secondary N) is 1. The van der Waals surface area contributed by atoms with Gasteiger partial charge in [-0.25, -0.2) is 4.39 Å². The highest BCUT2D eigenvalue weighted by molar-refractivity contribution is 6.03.